The molecule has 92 valence electrons. The van der Waals surface area contributed by atoms with Crippen LogP contribution >= 0.6 is 11.6 Å². The molecule has 16 heavy (non-hydrogen) atoms. The predicted molar refractivity (Wildman–Crippen MR) is 64.6 cm³/mol. The van der Waals surface area contributed by atoms with Crippen LogP contribution in [0.2, 0.25) is 0 Å². The van der Waals surface area contributed by atoms with Gasteiger partial charge in [0.05, 0.1) is 24.2 Å². The van der Waals surface area contributed by atoms with Gasteiger partial charge in [0.2, 0.25) is 0 Å². The molecule has 0 aliphatic carbocycles. The van der Waals surface area contributed by atoms with Gasteiger partial charge in [-0.2, -0.15) is 0 Å². The van der Waals surface area contributed by atoms with Crippen molar-refractivity contribution in [3.8, 4) is 0 Å². The van der Waals surface area contributed by atoms with E-state index in [0.717, 1.165) is 18.5 Å². The van der Waals surface area contributed by atoms with Gasteiger partial charge in [-0.05, 0) is 12.8 Å². The minimum Gasteiger partial charge on any atom is -0.390 e. The molecule has 1 atom stereocenters. The lowest BCUT2D eigenvalue weighted by Crippen LogP contribution is -2.17. The van der Waals surface area contributed by atoms with E-state index in [0.29, 0.717) is 6.54 Å². The maximum atomic E-state index is 9.35. The summed E-state index contributed by atoms with van der Waals surface area (Å²) in [6, 6.07) is 0. The van der Waals surface area contributed by atoms with Crippen LogP contribution in [-0.4, -0.2) is 32.1 Å². The van der Waals surface area contributed by atoms with E-state index in [1.165, 1.54) is 19.3 Å². The maximum Gasteiger partial charge on any atom is 0.0871 e. The molecule has 1 aromatic rings. The smallest absolute Gasteiger partial charge is 0.0871 e. The molecule has 0 spiro atoms. The van der Waals surface area contributed by atoms with Crippen molar-refractivity contribution in [2.24, 2.45) is 0 Å². The van der Waals surface area contributed by atoms with E-state index in [2.05, 4.69) is 17.2 Å². The second-order valence-electron chi connectivity index (χ2n) is 4.05. The molecule has 1 unspecified atom stereocenters. The number of rotatable bonds is 8. The Morgan fingerprint density at radius 3 is 2.94 bits per heavy atom. The predicted octanol–water partition coefficient (Wildman–Crippen LogP) is 2.00. The molecule has 1 N–H and O–H groups in total. The van der Waals surface area contributed by atoms with Gasteiger partial charge in [-0.1, -0.05) is 31.4 Å². The summed E-state index contributed by atoms with van der Waals surface area (Å²) in [7, 11) is 0. The monoisotopic (exact) mass is 245 g/mol. The van der Waals surface area contributed by atoms with Gasteiger partial charge in [0.25, 0.3) is 0 Å². The van der Waals surface area contributed by atoms with Crippen LogP contribution in [0.1, 0.15) is 38.3 Å². The zero-order valence-corrected chi connectivity index (χ0v) is 10.5. The van der Waals surface area contributed by atoms with E-state index >= 15 is 0 Å². The minimum atomic E-state index is -0.545. The van der Waals surface area contributed by atoms with Crippen molar-refractivity contribution in [1.29, 1.82) is 0 Å². The fraction of sp³-hybridized carbons (Fsp3) is 0.818. The van der Waals surface area contributed by atoms with Crippen molar-refractivity contribution >= 4 is 11.6 Å². The summed E-state index contributed by atoms with van der Waals surface area (Å²) in [5, 5.41) is 17.4. The van der Waals surface area contributed by atoms with Crippen molar-refractivity contribution < 1.29 is 5.11 Å². The normalized spacial score (nSPS) is 12.9. The first-order valence-corrected chi connectivity index (χ1v) is 6.42. The molecule has 0 aliphatic heterocycles. The third-order valence-electron chi connectivity index (χ3n) is 2.45. The molecule has 0 saturated carbocycles. The number of aromatic nitrogens is 3. The van der Waals surface area contributed by atoms with Crippen LogP contribution < -0.4 is 0 Å². The van der Waals surface area contributed by atoms with Crippen LogP contribution in [0, 0.1) is 0 Å². The second kappa shape index (κ2) is 7.63. The number of nitrogens with zero attached hydrogens (tertiary/aromatic N) is 3. The van der Waals surface area contributed by atoms with Crippen molar-refractivity contribution in [2.75, 3.05) is 5.88 Å². The van der Waals surface area contributed by atoms with Gasteiger partial charge in [-0.3, -0.25) is 0 Å². The summed E-state index contributed by atoms with van der Waals surface area (Å²) in [5.74, 6) is 0.228. The number of aliphatic hydroxyl groups is 1. The van der Waals surface area contributed by atoms with Crippen molar-refractivity contribution in [1.82, 2.24) is 15.0 Å². The zero-order chi connectivity index (χ0) is 11.8. The van der Waals surface area contributed by atoms with E-state index < -0.39 is 6.10 Å². The summed E-state index contributed by atoms with van der Waals surface area (Å²) < 4.78 is 1.65. The van der Waals surface area contributed by atoms with Crippen molar-refractivity contribution in [3.63, 3.8) is 0 Å². The highest BCUT2D eigenvalue weighted by molar-refractivity contribution is 6.18. The topological polar surface area (TPSA) is 50.9 Å². The standard InChI is InChI=1S/C11H20ClN3O/c1-2-3-4-5-6-10-8-15(14-13-10)9-11(16)7-12/h8,11,16H,2-7,9H2,1H3. The highest BCUT2D eigenvalue weighted by Gasteiger charge is 2.05. The molecule has 4 nitrogen and oxygen atoms in total. The number of unbranched alkanes of at least 4 members (excludes halogenated alkanes) is 3. The zero-order valence-electron chi connectivity index (χ0n) is 9.77. The van der Waals surface area contributed by atoms with E-state index in [9.17, 15) is 5.11 Å². The molecule has 0 amide bonds. The Kier molecular flexibility index (Phi) is 6.42. The van der Waals surface area contributed by atoms with E-state index in [1.54, 1.807) is 4.68 Å². The molecular formula is C11H20ClN3O. The van der Waals surface area contributed by atoms with Crippen molar-refractivity contribution in [3.05, 3.63) is 11.9 Å². The first-order valence-electron chi connectivity index (χ1n) is 5.89. The third kappa shape index (κ3) is 4.94. The number of hydrogen-bond acceptors (Lipinski definition) is 3. The number of aryl methyl sites for hydroxylation is 1. The first-order chi connectivity index (χ1) is 7.76. The summed E-state index contributed by atoms with van der Waals surface area (Å²) >= 11 is 5.52. The van der Waals surface area contributed by atoms with Gasteiger partial charge in [-0.25, -0.2) is 4.68 Å². The molecule has 0 saturated heterocycles. The average molecular weight is 246 g/mol. The van der Waals surface area contributed by atoms with Crippen molar-refractivity contribution in [2.45, 2.75) is 51.7 Å². The number of hydrogen-bond donors (Lipinski definition) is 1. The fourth-order valence-corrected chi connectivity index (χ4v) is 1.64. The average Bonchev–Trinajstić information content (AvgIpc) is 2.72. The highest BCUT2D eigenvalue weighted by atomic mass is 35.5. The van der Waals surface area contributed by atoms with Crippen LogP contribution in [0.15, 0.2) is 6.20 Å². The van der Waals surface area contributed by atoms with Crippen LogP contribution in [0.25, 0.3) is 0 Å². The van der Waals surface area contributed by atoms with Crippen LogP contribution in [0.3, 0.4) is 0 Å². The maximum absolute atomic E-state index is 9.35. The molecule has 5 heteroatoms. The number of halogens is 1. The Labute approximate surface area is 102 Å². The van der Waals surface area contributed by atoms with Gasteiger partial charge < -0.3 is 5.11 Å². The summed E-state index contributed by atoms with van der Waals surface area (Å²) in [6.45, 7) is 2.62. The Balaban J connectivity index is 2.28. The molecule has 0 fully saturated rings. The molecule has 0 radical (unpaired) electrons. The lowest BCUT2D eigenvalue weighted by atomic mass is 10.1. The third-order valence-corrected chi connectivity index (χ3v) is 2.80. The van der Waals surface area contributed by atoms with Gasteiger partial charge in [0.15, 0.2) is 0 Å². The second-order valence-corrected chi connectivity index (χ2v) is 4.36. The van der Waals surface area contributed by atoms with Gasteiger partial charge in [0.1, 0.15) is 0 Å². The largest absolute Gasteiger partial charge is 0.390 e. The van der Waals surface area contributed by atoms with E-state index in [4.69, 9.17) is 11.6 Å². The molecule has 1 aromatic heterocycles. The van der Waals surface area contributed by atoms with Gasteiger partial charge in [0, 0.05) is 6.20 Å². The van der Waals surface area contributed by atoms with Crippen LogP contribution in [-0.2, 0) is 13.0 Å². The molecule has 0 bridgehead atoms. The fourth-order valence-electron chi connectivity index (χ4n) is 1.54. The molecule has 1 rings (SSSR count). The van der Waals surface area contributed by atoms with E-state index in [-0.39, 0.29) is 5.88 Å². The quantitative estimate of drug-likeness (QED) is 0.563. The van der Waals surface area contributed by atoms with Crippen LogP contribution in [0.4, 0.5) is 0 Å². The Bertz CT molecular complexity index is 291. The summed E-state index contributed by atoms with van der Waals surface area (Å²) in [5.41, 5.74) is 0.998. The Morgan fingerprint density at radius 2 is 2.25 bits per heavy atom. The summed E-state index contributed by atoms with van der Waals surface area (Å²) in [6.07, 6.45) is 7.24. The lowest BCUT2D eigenvalue weighted by Gasteiger charge is -2.04. The summed E-state index contributed by atoms with van der Waals surface area (Å²) in [4.78, 5) is 0. The van der Waals surface area contributed by atoms with Gasteiger partial charge >= 0.3 is 0 Å². The van der Waals surface area contributed by atoms with Crippen LogP contribution in [0.5, 0.6) is 0 Å². The first kappa shape index (κ1) is 13.5. The molecule has 0 aliphatic rings. The molecular weight excluding hydrogens is 226 g/mol. The number of alkyl halides is 1. The lowest BCUT2D eigenvalue weighted by molar-refractivity contribution is 0.170. The Hall–Kier alpha value is -0.610. The molecule has 1 heterocycles. The van der Waals surface area contributed by atoms with Gasteiger partial charge in [-0.15, -0.1) is 16.7 Å². The number of aliphatic hydroxyl groups excluding tert-OH is 1. The molecule has 0 aromatic carbocycles. The Morgan fingerprint density at radius 1 is 1.44 bits per heavy atom. The minimum absolute atomic E-state index is 0.228. The SMILES string of the molecule is CCCCCCc1cn(CC(O)CCl)nn1. The highest BCUT2D eigenvalue weighted by Crippen LogP contribution is 2.05. The van der Waals surface area contributed by atoms with E-state index in [1.807, 2.05) is 6.20 Å².